The molecule has 0 heterocycles. The van der Waals surface area contributed by atoms with Gasteiger partial charge in [0, 0.05) is 16.1 Å². The highest BCUT2D eigenvalue weighted by Crippen LogP contribution is 2.32. The first-order valence-corrected chi connectivity index (χ1v) is 7.32. The molecule has 0 radical (unpaired) electrons. The van der Waals surface area contributed by atoms with Crippen molar-refractivity contribution in [2.45, 2.75) is 43.3 Å². The average Bonchev–Trinajstić information content (AvgIpc) is 2.34. The van der Waals surface area contributed by atoms with Crippen LogP contribution in [0.2, 0.25) is 0 Å². The molecule has 0 aromatic heterocycles. The highest BCUT2D eigenvalue weighted by atomic mass is 35.5. The van der Waals surface area contributed by atoms with E-state index < -0.39 is 0 Å². The molecule has 0 bridgehead atoms. The van der Waals surface area contributed by atoms with Crippen molar-refractivity contribution in [3.63, 3.8) is 0 Å². The quantitative estimate of drug-likeness (QED) is 0.526. The van der Waals surface area contributed by atoms with E-state index in [-0.39, 0.29) is 16.4 Å². The predicted molar refractivity (Wildman–Crippen MR) is 75.6 cm³/mol. The van der Waals surface area contributed by atoms with Gasteiger partial charge < -0.3 is 0 Å². The first-order chi connectivity index (χ1) is 8.15. The maximum atomic E-state index is 11.3. The number of benzene rings is 1. The number of carbonyl (C=O) groups excluding carboxylic acids is 1. The van der Waals surface area contributed by atoms with Crippen LogP contribution in [0.25, 0.3) is 0 Å². The van der Waals surface area contributed by atoms with Crippen LogP contribution in [-0.4, -0.2) is 10.5 Å². The molecular weight excluding hydrogens is 252 g/mol. The maximum Gasteiger partial charge on any atom is 0.225 e. The smallest absolute Gasteiger partial charge is 0.225 e. The summed E-state index contributed by atoms with van der Waals surface area (Å²) >= 11 is 7.38. The summed E-state index contributed by atoms with van der Waals surface area (Å²) < 4.78 is 0. The van der Waals surface area contributed by atoms with Crippen LogP contribution >= 0.6 is 23.4 Å². The number of hydrogen-bond acceptors (Lipinski definition) is 2. The van der Waals surface area contributed by atoms with Crippen LogP contribution in [0.3, 0.4) is 0 Å². The molecule has 0 aliphatic carbocycles. The molecule has 1 rings (SSSR count). The summed E-state index contributed by atoms with van der Waals surface area (Å²) in [4.78, 5) is 12.5. The van der Waals surface area contributed by atoms with Crippen molar-refractivity contribution in [3.05, 3.63) is 30.3 Å². The van der Waals surface area contributed by atoms with E-state index in [9.17, 15) is 4.79 Å². The summed E-state index contributed by atoms with van der Waals surface area (Å²) in [7, 11) is 0. The van der Waals surface area contributed by atoms with Crippen LogP contribution in [-0.2, 0) is 4.79 Å². The van der Waals surface area contributed by atoms with Crippen LogP contribution in [0.15, 0.2) is 35.2 Å². The van der Waals surface area contributed by atoms with Gasteiger partial charge in [-0.05, 0) is 30.2 Å². The van der Waals surface area contributed by atoms with Crippen LogP contribution < -0.4 is 0 Å². The van der Waals surface area contributed by atoms with Crippen molar-refractivity contribution < 1.29 is 4.79 Å². The molecule has 1 aromatic carbocycles. The Morgan fingerprint density at radius 3 is 2.53 bits per heavy atom. The summed E-state index contributed by atoms with van der Waals surface area (Å²) in [6, 6.07) is 10.2. The molecule has 0 aliphatic heterocycles. The zero-order valence-corrected chi connectivity index (χ0v) is 11.9. The van der Waals surface area contributed by atoms with Gasteiger partial charge in [0.1, 0.15) is 0 Å². The fourth-order valence-electron chi connectivity index (χ4n) is 1.64. The number of hydrogen-bond donors (Lipinski definition) is 0. The van der Waals surface area contributed by atoms with Gasteiger partial charge in [0.15, 0.2) is 0 Å². The van der Waals surface area contributed by atoms with Gasteiger partial charge in [-0.3, -0.25) is 4.79 Å². The van der Waals surface area contributed by atoms with Crippen molar-refractivity contribution in [1.29, 1.82) is 0 Å². The minimum absolute atomic E-state index is 0.0894. The molecule has 0 N–H and O–H groups in total. The molecule has 2 atom stereocenters. The molecule has 0 saturated heterocycles. The van der Waals surface area contributed by atoms with Crippen LogP contribution in [0.4, 0.5) is 0 Å². The van der Waals surface area contributed by atoms with Crippen molar-refractivity contribution in [2.24, 2.45) is 5.92 Å². The Hall–Kier alpha value is -0.470. The van der Waals surface area contributed by atoms with E-state index in [1.807, 2.05) is 25.1 Å². The van der Waals surface area contributed by atoms with Gasteiger partial charge in [-0.1, -0.05) is 44.9 Å². The van der Waals surface area contributed by atoms with E-state index in [0.717, 1.165) is 19.3 Å². The first-order valence-electron chi connectivity index (χ1n) is 6.06. The standard InChI is InChI=1S/C14H19ClOS/c1-3-4-10-13(11(2)14(15)16)17-12-8-6-5-7-9-12/h5-9,11,13H,3-4,10H2,1-2H3/t11-,13+/m1/s1. The minimum atomic E-state index is -0.227. The first kappa shape index (κ1) is 14.6. The Bertz CT molecular complexity index is 339. The topological polar surface area (TPSA) is 17.1 Å². The fraction of sp³-hybridized carbons (Fsp3) is 0.500. The lowest BCUT2D eigenvalue weighted by molar-refractivity contribution is -0.114. The van der Waals surface area contributed by atoms with Crippen LogP contribution in [0, 0.1) is 5.92 Å². The highest BCUT2D eigenvalue weighted by molar-refractivity contribution is 8.00. The summed E-state index contributed by atoms with van der Waals surface area (Å²) in [5.74, 6) is -0.0894. The van der Waals surface area contributed by atoms with Crippen molar-refractivity contribution in [2.75, 3.05) is 0 Å². The van der Waals surface area contributed by atoms with Gasteiger partial charge in [-0.25, -0.2) is 0 Å². The zero-order chi connectivity index (χ0) is 12.7. The molecule has 1 aromatic rings. The fourth-order valence-corrected chi connectivity index (χ4v) is 3.14. The Balaban J connectivity index is 2.66. The molecule has 0 fully saturated rings. The van der Waals surface area contributed by atoms with Gasteiger partial charge >= 0.3 is 0 Å². The van der Waals surface area contributed by atoms with Gasteiger partial charge in [0.2, 0.25) is 5.24 Å². The second kappa shape index (κ2) is 7.78. The molecule has 0 aliphatic rings. The summed E-state index contributed by atoms with van der Waals surface area (Å²) in [5, 5.41) is 0.0527. The summed E-state index contributed by atoms with van der Waals surface area (Å²) in [5.41, 5.74) is 0. The van der Waals surface area contributed by atoms with Crippen molar-refractivity contribution in [3.8, 4) is 0 Å². The van der Waals surface area contributed by atoms with Gasteiger partial charge in [-0.15, -0.1) is 11.8 Å². The molecule has 3 heteroatoms. The zero-order valence-electron chi connectivity index (χ0n) is 10.4. The molecule has 0 spiro atoms. The third-order valence-electron chi connectivity index (χ3n) is 2.79. The van der Waals surface area contributed by atoms with Gasteiger partial charge in [0.25, 0.3) is 0 Å². The lowest BCUT2D eigenvalue weighted by atomic mass is 10.0. The number of carbonyl (C=O) groups is 1. The van der Waals surface area contributed by atoms with Crippen LogP contribution in [0.5, 0.6) is 0 Å². The highest BCUT2D eigenvalue weighted by Gasteiger charge is 2.23. The maximum absolute atomic E-state index is 11.3. The summed E-state index contributed by atoms with van der Waals surface area (Å²) in [6.07, 6.45) is 3.32. The second-order valence-electron chi connectivity index (χ2n) is 4.20. The van der Waals surface area contributed by atoms with E-state index in [2.05, 4.69) is 19.1 Å². The average molecular weight is 271 g/mol. The number of unbranched alkanes of at least 4 members (excludes halogenated alkanes) is 1. The predicted octanol–water partition coefficient (Wildman–Crippen LogP) is 4.74. The van der Waals surface area contributed by atoms with Crippen molar-refractivity contribution in [1.82, 2.24) is 0 Å². The van der Waals surface area contributed by atoms with E-state index in [1.165, 1.54) is 4.90 Å². The van der Waals surface area contributed by atoms with E-state index in [1.54, 1.807) is 11.8 Å². The van der Waals surface area contributed by atoms with Crippen LogP contribution in [0.1, 0.15) is 33.1 Å². The Morgan fingerprint density at radius 2 is 2.00 bits per heavy atom. The number of rotatable bonds is 7. The molecular formula is C14H19ClOS. The normalized spacial score (nSPS) is 14.3. The Labute approximate surface area is 113 Å². The van der Waals surface area contributed by atoms with E-state index >= 15 is 0 Å². The third-order valence-corrected chi connectivity index (χ3v) is 4.62. The molecule has 0 amide bonds. The number of thioether (sulfide) groups is 1. The molecule has 1 nitrogen and oxygen atoms in total. The van der Waals surface area contributed by atoms with Gasteiger partial charge in [0.05, 0.1) is 0 Å². The summed E-state index contributed by atoms with van der Waals surface area (Å²) in [6.45, 7) is 4.09. The Kier molecular flexibility index (Phi) is 6.68. The Morgan fingerprint density at radius 1 is 1.35 bits per heavy atom. The molecule has 0 saturated carbocycles. The number of halogens is 1. The monoisotopic (exact) mass is 270 g/mol. The lowest BCUT2D eigenvalue weighted by Gasteiger charge is -2.20. The SMILES string of the molecule is CCCC[C@H](Sc1ccccc1)[C@@H](C)C(=O)Cl. The second-order valence-corrected chi connectivity index (χ2v) is 5.89. The third kappa shape index (κ3) is 5.13. The largest absolute Gasteiger partial charge is 0.281 e. The molecule has 94 valence electrons. The minimum Gasteiger partial charge on any atom is -0.281 e. The lowest BCUT2D eigenvalue weighted by Crippen LogP contribution is -2.19. The van der Waals surface area contributed by atoms with E-state index in [0.29, 0.717) is 0 Å². The van der Waals surface area contributed by atoms with Gasteiger partial charge in [-0.2, -0.15) is 0 Å². The molecule has 17 heavy (non-hydrogen) atoms. The van der Waals surface area contributed by atoms with Crippen molar-refractivity contribution >= 4 is 28.6 Å². The molecule has 0 unspecified atom stereocenters. The van der Waals surface area contributed by atoms with E-state index in [4.69, 9.17) is 11.6 Å².